The summed E-state index contributed by atoms with van der Waals surface area (Å²) in [5, 5.41) is 4.78. The number of aryl methyl sites for hydroxylation is 1. The number of aromatic nitrogens is 3. The van der Waals surface area contributed by atoms with E-state index in [4.69, 9.17) is 10.8 Å². The third-order valence-electron chi connectivity index (χ3n) is 5.07. The van der Waals surface area contributed by atoms with Gasteiger partial charge in [-0.1, -0.05) is 12.8 Å². The second-order valence-electron chi connectivity index (χ2n) is 6.64. The molecule has 21 heavy (non-hydrogen) atoms. The molecule has 2 heterocycles. The van der Waals surface area contributed by atoms with Crippen molar-refractivity contribution in [1.29, 1.82) is 0 Å². The molecule has 1 unspecified atom stereocenters. The van der Waals surface area contributed by atoms with E-state index >= 15 is 0 Å². The summed E-state index contributed by atoms with van der Waals surface area (Å²) in [5.41, 5.74) is 10.1. The average molecular weight is 284 g/mol. The van der Waals surface area contributed by atoms with E-state index in [1.807, 2.05) is 0 Å². The van der Waals surface area contributed by atoms with Crippen molar-refractivity contribution >= 4 is 0 Å². The fraction of sp³-hybridized carbons (Fsp3) is 0.588. The van der Waals surface area contributed by atoms with Crippen molar-refractivity contribution in [1.82, 2.24) is 14.3 Å². The van der Waals surface area contributed by atoms with E-state index in [9.17, 15) is 0 Å². The van der Waals surface area contributed by atoms with Crippen LogP contribution in [0, 0.1) is 0 Å². The SMILES string of the molecule is NC1CCCc2cn(Cc3ccn(C4CCCC4)n3)cc21. The number of hydrogen-bond acceptors (Lipinski definition) is 2. The lowest BCUT2D eigenvalue weighted by Crippen LogP contribution is -2.15. The summed E-state index contributed by atoms with van der Waals surface area (Å²) in [6, 6.07) is 3.02. The maximum Gasteiger partial charge on any atom is 0.0821 e. The molecule has 0 spiro atoms. The lowest BCUT2D eigenvalue weighted by atomic mass is 9.92. The van der Waals surface area contributed by atoms with Gasteiger partial charge in [-0.3, -0.25) is 4.68 Å². The molecule has 112 valence electrons. The molecule has 1 atom stereocenters. The average Bonchev–Trinajstić information content (AvgIpc) is 3.18. The molecular weight excluding hydrogens is 260 g/mol. The quantitative estimate of drug-likeness (QED) is 0.941. The molecule has 4 rings (SSSR count). The summed E-state index contributed by atoms with van der Waals surface area (Å²) in [7, 11) is 0. The number of hydrogen-bond donors (Lipinski definition) is 1. The van der Waals surface area contributed by atoms with E-state index in [1.54, 1.807) is 0 Å². The molecule has 0 aliphatic heterocycles. The summed E-state index contributed by atoms with van der Waals surface area (Å²) >= 11 is 0. The van der Waals surface area contributed by atoms with E-state index in [1.165, 1.54) is 49.7 Å². The lowest BCUT2D eigenvalue weighted by Gasteiger charge is -2.17. The third-order valence-corrected chi connectivity index (χ3v) is 5.07. The first-order valence-electron chi connectivity index (χ1n) is 8.28. The van der Waals surface area contributed by atoms with Crippen molar-refractivity contribution in [3.05, 3.63) is 41.5 Å². The number of nitrogens with two attached hydrogens (primary N) is 1. The van der Waals surface area contributed by atoms with Gasteiger partial charge in [-0.25, -0.2) is 0 Å². The molecule has 0 aromatic carbocycles. The van der Waals surface area contributed by atoms with Crippen LogP contribution in [0.25, 0.3) is 0 Å². The van der Waals surface area contributed by atoms with Gasteiger partial charge in [-0.2, -0.15) is 5.10 Å². The van der Waals surface area contributed by atoms with E-state index in [0.29, 0.717) is 6.04 Å². The molecule has 1 saturated carbocycles. The van der Waals surface area contributed by atoms with E-state index in [0.717, 1.165) is 18.7 Å². The summed E-state index contributed by atoms with van der Waals surface area (Å²) in [5.74, 6) is 0. The van der Waals surface area contributed by atoms with Gasteiger partial charge in [0, 0.05) is 24.6 Å². The van der Waals surface area contributed by atoms with Crippen molar-refractivity contribution in [3.8, 4) is 0 Å². The van der Waals surface area contributed by atoms with Crippen molar-refractivity contribution in [2.75, 3.05) is 0 Å². The van der Waals surface area contributed by atoms with Crippen LogP contribution in [-0.2, 0) is 13.0 Å². The van der Waals surface area contributed by atoms with Crippen molar-refractivity contribution in [2.24, 2.45) is 5.73 Å². The summed E-state index contributed by atoms with van der Waals surface area (Å²) in [4.78, 5) is 0. The maximum atomic E-state index is 6.21. The summed E-state index contributed by atoms with van der Waals surface area (Å²) in [6.45, 7) is 0.861. The van der Waals surface area contributed by atoms with Crippen LogP contribution in [0.4, 0.5) is 0 Å². The Hall–Kier alpha value is -1.55. The molecule has 0 radical (unpaired) electrons. The zero-order valence-corrected chi connectivity index (χ0v) is 12.5. The van der Waals surface area contributed by atoms with Crippen molar-refractivity contribution in [2.45, 2.75) is 63.6 Å². The molecule has 2 aromatic rings. The highest BCUT2D eigenvalue weighted by Crippen LogP contribution is 2.30. The van der Waals surface area contributed by atoms with Crippen LogP contribution >= 0.6 is 0 Å². The fourth-order valence-corrected chi connectivity index (χ4v) is 3.90. The van der Waals surface area contributed by atoms with Crippen LogP contribution in [-0.4, -0.2) is 14.3 Å². The molecule has 2 aromatic heterocycles. The predicted octanol–water partition coefficient (Wildman–Crippen LogP) is 3.18. The van der Waals surface area contributed by atoms with E-state index < -0.39 is 0 Å². The van der Waals surface area contributed by atoms with Crippen molar-refractivity contribution in [3.63, 3.8) is 0 Å². The number of rotatable bonds is 3. The molecule has 0 saturated heterocycles. The first-order chi connectivity index (χ1) is 10.3. The molecule has 2 aliphatic carbocycles. The van der Waals surface area contributed by atoms with Crippen molar-refractivity contribution < 1.29 is 0 Å². The molecule has 1 fully saturated rings. The van der Waals surface area contributed by atoms with Gasteiger partial charge in [-0.05, 0) is 49.3 Å². The monoisotopic (exact) mass is 284 g/mol. The number of nitrogens with zero attached hydrogens (tertiary/aromatic N) is 3. The topological polar surface area (TPSA) is 48.8 Å². The minimum Gasteiger partial charge on any atom is -0.348 e. The highest BCUT2D eigenvalue weighted by atomic mass is 15.3. The number of fused-ring (bicyclic) bond motifs is 1. The van der Waals surface area contributed by atoms with Gasteiger partial charge in [0.1, 0.15) is 0 Å². The lowest BCUT2D eigenvalue weighted by molar-refractivity contribution is 0.461. The zero-order valence-electron chi connectivity index (χ0n) is 12.5. The Labute approximate surface area is 125 Å². The van der Waals surface area contributed by atoms with Gasteiger partial charge >= 0.3 is 0 Å². The van der Waals surface area contributed by atoms with Crippen LogP contribution in [0.2, 0.25) is 0 Å². The standard InChI is InChI=1S/C17H24N4/c18-17-7-3-4-13-10-20(12-16(13)17)11-14-8-9-21(19-14)15-5-1-2-6-15/h8-10,12,15,17H,1-7,11,18H2. The Balaban J connectivity index is 1.51. The van der Waals surface area contributed by atoms with E-state index in [-0.39, 0.29) is 6.04 Å². The van der Waals surface area contributed by atoms with Gasteiger partial charge < -0.3 is 10.3 Å². The molecule has 4 heteroatoms. The molecule has 0 bridgehead atoms. The maximum absolute atomic E-state index is 6.21. The summed E-state index contributed by atoms with van der Waals surface area (Å²) in [6.07, 6.45) is 15.4. The summed E-state index contributed by atoms with van der Waals surface area (Å²) < 4.78 is 4.44. The highest BCUT2D eigenvalue weighted by Gasteiger charge is 2.20. The van der Waals surface area contributed by atoms with Crippen LogP contribution < -0.4 is 5.73 Å². The van der Waals surface area contributed by atoms with E-state index in [2.05, 4.69) is 33.9 Å². The van der Waals surface area contributed by atoms with Gasteiger partial charge in [-0.15, -0.1) is 0 Å². The van der Waals surface area contributed by atoms with Crippen LogP contribution in [0.3, 0.4) is 0 Å². The first kappa shape index (κ1) is 13.1. The Morgan fingerprint density at radius 2 is 2.00 bits per heavy atom. The second kappa shape index (κ2) is 5.34. The molecular formula is C17H24N4. The fourth-order valence-electron chi connectivity index (χ4n) is 3.90. The zero-order chi connectivity index (χ0) is 14.2. The molecule has 2 aliphatic rings. The second-order valence-corrected chi connectivity index (χ2v) is 6.64. The van der Waals surface area contributed by atoms with Gasteiger partial charge in [0.15, 0.2) is 0 Å². The van der Waals surface area contributed by atoms with Crippen LogP contribution in [0.15, 0.2) is 24.7 Å². The third kappa shape index (κ3) is 2.53. The highest BCUT2D eigenvalue weighted by molar-refractivity contribution is 5.30. The minimum atomic E-state index is 0.228. The van der Waals surface area contributed by atoms with Gasteiger partial charge in [0.05, 0.1) is 18.3 Å². The van der Waals surface area contributed by atoms with Crippen LogP contribution in [0.5, 0.6) is 0 Å². The van der Waals surface area contributed by atoms with Gasteiger partial charge in [0.25, 0.3) is 0 Å². The Morgan fingerprint density at radius 1 is 1.14 bits per heavy atom. The molecule has 0 amide bonds. The Kier molecular flexibility index (Phi) is 3.34. The predicted molar refractivity (Wildman–Crippen MR) is 83.1 cm³/mol. The molecule has 4 nitrogen and oxygen atoms in total. The molecule has 2 N–H and O–H groups in total. The van der Waals surface area contributed by atoms with Crippen LogP contribution in [0.1, 0.15) is 67.4 Å². The Morgan fingerprint density at radius 3 is 2.81 bits per heavy atom. The largest absolute Gasteiger partial charge is 0.348 e. The van der Waals surface area contributed by atoms with Gasteiger partial charge in [0.2, 0.25) is 0 Å². The minimum absolute atomic E-state index is 0.228. The smallest absolute Gasteiger partial charge is 0.0821 e. The Bertz CT molecular complexity index is 619. The first-order valence-corrected chi connectivity index (χ1v) is 8.28. The normalized spacial score (nSPS) is 22.6.